The molecular formula is C29H45Cl2NO3Si. The highest BCUT2D eigenvalue weighted by molar-refractivity contribution is 6.88. The molecule has 1 amide bonds. The van der Waals surface area contributed by atoms with Gasteiger partial charge in [-0.2, -0.15) is 0 Å². The minimum atomic E-state index is -2.16. The first kappa shape index (κ1) is 30.9. The number of alkyl halides is 1. The van der Waals surface area contributed by atoms with Gasteiger partial charge in [-0.15, -0.1) is 11.6 Å². The van der Waals surface area contributed by atoms with Crippen LogP contribution in [0.5, 0.6) is 5.75 Å². The Bertz CT molecular complexity index is 1030. The van der Waals surface area contributed by atoms with Gasteiger partial charge in [0.05, 0.1) is 8.07 Å². The Labute approximate surface area is 229 Å². The molecule has 4 nitrogen and oxygen atoms in total. The zero-order valence-corrected chi connectivity index (χ0v) is 26.2. The summed E-state index contributed by atoms with van der Waals surface area (Å²) in [7, 11) is -2.16. The first-order chi connectivity index (χ1) is 16.5. The molecule has 2 N–H and O–H groups in total. The Morgan fingerprint density at radius 2 is 1.69 bits per heavy atom. The van der Waals surface area contributed by atoms with Crippen LogP contribution in [-0.2, 0) is 15.6 Å². The van der Waals surface area contributed by atoms with Crippen molar-refractivity contribution in [2.24, 2.45) is 0 Å². The molecule has 7 heteroatoms. The van der Waals surface area contributed by atoms with Crippen LogP contribution in [0, 0.1) is 0 Å². The highest BCUT2D eigenvalue weighted by Gasteiger charge is 2.52. The summed E-state index contributed by atoms with van der Waals surface area (Å²) < 4.78 is 5.26. The van der Waals surface area contributed by atoms with E-state index in [1.807, 2.05) is 32.6 Å². The van der Waals surface area contributed by atoms with Gasteiger partial charge in [-0.25, -0.2) is 0 Å². The second-order valence-electron chi connectivity index (χ2n) is 12.2. The Hall–Kier alpha value is -1.27. The van der Waals surface area contributed by atoms with E-state index in [4.69, 9.17) is 27.9 Å². The third-order valence-corrected chi connectivity index (χ3v) is 13.5. The van der Waals surface area contributed by atoms with Crippen molar-refractivity contribution < 1.29 is 14.6 Å². The Kier molecular flexibility index (Phi) is 9.65. The number of aliphatic hydroxyl groups is 1. The quantitative estimate of drug-likeness (QED) is 0.232. The number of benzene rings is 1. The summed E-state index contributed by atoms with van der Waals surface area (Å²) in [5, 5.41) is 14.4. The number of nitrogens with one attached hydrogen (secondary N) is 1. The van der Waals surface area contributed by atoms with Gasteiger partial charge in [0, 0.05) is 16.3 Å². The van der Waals surface area contributed by atoms with Crippen molar-refractivity contribution in [1.82, 2.24) is 5.32 Å². The topological polar surface area (TPSA) is 58.6 Å². The predicted molar refractivity (Wildman–Crippen MR) is 156 cm³/mol. The molecule has 1 aliphatic rings. The van der Waals surface area contributed by atoms with Gasteiger partial charge in [-0.05, 0) is 53.9 Å². The van der Waals surface area contributed by atoms with Crippen LogP contribution < -0.4 is 10.1 Å². The van der Waals surface area contributed by atoms with Gasteiger partial charge in [0.15, 0.2) is 6.10 Å². The normalized spacial score (nSPS) is 22.0. The Balaban J connectivity index is 2.38. The van der Waals surface area contributed by atoms with E-state index < -0.39 is 24.8 Å². The highest BCUT2D eigenvalue weighted by Crippen LogP contribution is 2.44. The van der Waals surface area contributed by atoms with Gasteiger partial charge >= 0.3 is 0 Å². The summed E-state index contributed by atoms with van der Waals surface area (Å²) in [4.78, 5) is 13.4. The van der Waals surface area contributed by atoms with Crippen molar-refractivity contribution in [3.05, 3.63) is 52.2 Å². The van der Waals surface area contributed by atoms with Gasteiger partial charge in [0.1, 0.15) is 16.4 Å². The minimum Gasteiger partial charge on any atom is -0.480 e. The molecule has 0 spiro atoms. The largest absolute Gasteiger partial charge is 0.480 e. The highest BCUT2D eigenvalue weighted by atomic mass is 35.5. The molecule has 0 saturated carbocycles. The van der Waals surface area contributed by atoms with Crippen LogP contribution in [0.15, 0.2) is 41.1 Å². The molecule has 1 aliphatic carbocycles. The molecular weight excluding hydrogens is 509 g/mol. The molecule has 36 heavy (non-hydrogen) atoms. The lowest BCUT2D eigenvalue weighted by atomic mass is 9.76. The standard InChI is InChI=1S/C29H45Cl2NO3Si/c1-11-22(26(34)32-21-15-17-24(30)29(31,25(21)33)36(8,9)10)35-23-16-14-19(27(4,5)12-2)18-20(23)28(6,7)13-3/h14-18,22,25,33H,11-13H2,1-10H3,(H,32,34). The van der Waals surface area contributed by atoms with E-state index in [0.29, 0.717) is 17.2 Å². The number of carbonyl (C=O) groups excluding carboxylic acids is 1. The van der Waals surface area contributed by atoms with E-state index >= 15 is 0 Å². The summed E-state index contributed by atoms with van der Waals surface area (Å²) in [6.07, 6.45) is 3.89. The number of amides is 1. The molecule has 0 aromatic heterocycles. The van der Waals surface area contributed by atoms with Gasteiger partial charge in [0.2, 0.25) is 0 Å². The number of allylic oxidation sites excluding steroid dienone is 2. The average Bonchev–Trinajstić information content (AvgIpc) is 2.81. The van der Waals surface area contributed by atoms with Crippen molar-refractivity contribution in [1.29, 1.82) is 0 Å². The monoisotopic (exact) mass is 553 g/mol. The van der Waals surface area contributed by atoms with Crippen molar-refractivity contribution in [3.8, 4) is 5.75 Å². The zero-order chi connectivity index (χ0) is 27.7. The number of hydrogen-bond acceptors (Lipinski definition) is 3. The van der Waals surface area contributed by atoms with Gasteiger partial charge < -0.3 is 15.2 Å². The maximum absolute atomic E-state index is 13.4. The zero-order valence-electron chi connectivity index (χ0n) is 23.7. The molecule has 0 heterocycles. The van der Waals surface area contributed by atoms with Crippen molar-refractivity contribution in [2.45, 2.75) is 115 Å². The van der Waals surface area contributed by atoms with E-state index in [1.54, 1.807) is 12.2 Å². The van der Waals surface area contributed by atoms with Crippen LogP contribution in [-0.4, -0.2) is 35.8 Å². The fourth-order valence-electron chi connectivity index (χ4n) is 4.27. The lowest BCUT2D eigenvalue weighted by molar-refractivity contribution is -0.127. The summed E-state index contributed by atoms with van der Waals surface area (Å²) in [6.45, 7) is 21.3. The Morgan fingerprint density at radius 3 is 2.19 bits per heavy atom. The van der Waals surface area contributed by atoms with E-state index in [-0.39, 0.29) is 16.7 Å². The van der Waals surface area contributed by atoms with Gasteiger partial charge in [-0.3, -0.25) is 4.79 Å². The van der Waals surface area contributed by atoms with Gasteiger partial charge in [0.25, 0.3) is 5.91 Å². The number of ether oxygens (including phenoxy) is 1. The van der Waals surface area contributed by atoms with Crippen LogP contribution in [0.1, 0.15) is 78.9 Å². The first-order valence-electron chi connectivity index (χ1n) is 13.0. The molecule has 0 bridgehead atoms. The maximum atomic E-state index is 13.4. The lowest BCUT2D eigenvalue weighted by Gasteiger charge is -2.44. The number of rotatable bonds is 10. The molecule has 0 aliphatic heterocycles. The van der Waals surface area contributed by atoms with Crippen molar-refractivity contribution in [3.63, 3.8) is 0 Å². The number of carbonyl (C=O) groups is 1. The molecule has 0 radical (unpaired) electrons. The molecule has 2 rings (SSSR count). The van der Waals surface area contributed by atoms with Crippen molar-refractivity contribution in [2.75, 3.05) is 0 Å². The second-order valence-corrected chi connectivity index (χ2v) is 18.8. The smallest absolute Gasteiger partial charge is 0.265 e. The fourth-order valence-corrected chi connectivity index (χ4v) is 7.25. The van der Waals surface area contributed by atoms with Crippen LogP contribution >= 0.6 is 23.2 Å². The van der Waals surface area contributed by atoms with E-state index in [0.717, 1.165) is 24.2 Å². The number of halogens is 2. The van der Waals surface area contributed by atoms with E-state index in [9.17, 15) is 9.90 Å². The summed E-state index contributed by atoms with van der Waals surface area (Å²) >= 11 is 13.4. The molecule has 0 fully saturated rings. The fraction of sp³-hybridized carbons (Fsp3) is 0.621. The minimum absolute atomic E-state index is 0.0431. The first-order valence-corrected chi connectivity index (χ1v) is 17.3. The lowest BCUT2D eigenvalue weighted by Crippen LogP contribution is -2.59. The average molecular weight is 555 g/mol. The van der Waals surface area contributed by atoms with Crippen LogP contribution in [0.25, 0.3) is 0 Å². The summed E-state index contributed by atoms with van der Waals surface area (Å²) in [5.74, 6) is 0.399. The third-order valence-electron chi connectivity index (χ3n) is 7.98. The van der Waals surface area contributed by atoms with Crippen LogP contribution in [0.2, 0.25) is 19.6 Å². The molecule has 1 aromatic carbocycles. The summed E-state index contributed by atoms with van der Waals surface area (Å²) in [5.41, 5.74) is 2.62. The SMILES string of the molecule is CCC(Oc1ccc(C(C)(C)CC)cc1C(C)(C)CC)C(=O)NC1=CC=C(Cl)C(Cl)([Si](C)(C)C)C1O. The van der Waals surface area contributed by atoms with Crippen LogP contribution in [0.3, 0.4) is 0 Å². The number of aliphatic hydroxyl groups excluding tert-OH is 1. The molecule has 3 unspecified atom stereocenters. The molecule has 3 atom stereocenters. The van der Waals surface area contributed by atoms with E-state index in [2.05, 4.69) is 59.0 Å². The summed E-state index contributed by atoms with van der Waals surface area (Å²) in [6, 6.07) is 6.35. The number of hydrogen-bond donors (Lipinski definition) is 2. The van der Waals surface area contributed by atoms with Crippen molar-refractivity contribution >= 4 is 37.2 Å². The second kappa shape index (κ2) is 11.2. The molecule has 1 aromatic rings. The third kappa shape index (κ3) is 6.06. The maximum Gasteiger partial charge on any atom is 0.265 e. The van der Waals surface area contributed by atoms with Crippen LogP contribution in [0.4, 0.5) is 0 Å². The predicted octanol–water partition coefficient (Wildman–Crippen LogP) is 7.57. The molecule has 0 saturated heterocycles. The molecule has 202 valence electrons. The van der Waals surface area contributed by atoms with Gasteiger partial charge in [-0.1, -0.05) is 91.8 Å². The van der Waals surface area contributed by atoms with E-state index in [1.165, 1.54) is 5.56 Å². The Morgan fingerprint density at radius 1 is 1.11 bits per heavy atom.